The molecule has 2 aliphatic rings. The zero-order valence-corrected chi connectivity index (χ0v) is 20.0. The van der Waals surface area contributed by atoms with Gasteiger partial charge in [-0.25, -0.2) is 13.2 Å². The molecule has 1 aliphatic heterocycles. The summed E-state index contributed by atoms with van der Waals surface area (Å²) >= 11 is 0. The predicted octanol–water partition coefficient (Wildman–Crippen LogP) is 4.36. The van der Waals surface area contributed by atoms with Crippen molar-refractivity contribution in [2.45, 2.75) is 37.5 Å². The number of aromatic amines is 1. The molecule has 1 aliphatic carbocycles. The Hall–Kier alpha value is -3.85. The monoisotopic (exact) mass is 491 g/mol. The van der Waals surface area contributed by atoms with Crippen molar-refractivity contribution in [2.75, 3.05) is 16.6 Å². The topological polar surface area (TPSA) is 117 Å². The lowest BCUT2D eigenvalue weighted by molar-refractivity contribution is -0.110. The van der Waals surface area contributed by atoms with E-state index in [0.717, 1.165) is 36.8 Å². The fourth-order valence-corrected chi connectivity index (χ4v) is 5.69. The molecular formula is C26H25N3O5S. The number of carbonyl (C=O) groups is 2. The third kappa shape index (κ3) is 4.35. The first-order chi connectivity index (χ1) is 16.9. The summed E-state index contributed by atoms with van der Waals surface area (Å²) in [5.41, 5.74) is 4.84. The molecule has 0 saturated carbocycles. The molecule has 0 spiro atoms. The van der Waals surface area contributed by atoms with E-state index in [2.05, 4.69) is 15.0 Å². The van der Waals surface area contributed by atoms with Crippen LogP contribution in [0, 0.1) is 0 Å². The second-order valence-electron chi connectivity index (χ2n) is 8.49. The van der Waals surface area contributed by atoms with Crippen LogP contribution in [-0.2, 0) is 32.4 Å². The van der Waals surface area contributed by atoms with Gasteiger partial charge in [0.15, 0.2) is 0 Å². The van der Waals surface area contributed by atoms with E-state index in [1.54, 1.807) is 49.4 Å². The first-order valence-corrected chi connectivity index (χ1v) is 13.0. The third-order valence-electron chi connectivity index (χ3n) is 6.23. The SMILES string of the molecule is CCOC(=O)c1[nH]c(/C=C2\C(=O)Nc3ccc(S(=O)(=O)Nc4ccccc4)cc32)c2c1CCCC2. The lowest BCUT2D eigenvalue weighted by Crippen LogP contribution is -2.13. The fourth-order valence-electron chi connectivity index (χ4n) is 4.61. The van der Waals surface area contributed by atoms with Crippen molar-refractivity contribution < 1.29 is 22.7 Å². The van der Waals surface area contributed by atoms with Crippen molar-refractivity contribution in [1.29, 1.82) is 0 Å². The second-order valence-corrected chi connectivity index (χ2v) is 10.2. The molecule has 3 aromatic rings. The Kier molecular flexibility index (Phi) is 5.94. The summed E-state index contributed by atoms with van der Waals surface area (Å²) in [6, 6.07) is 13.1. The number of fused-ring (bicyclic) bond motifs is 2. The van der Waals surface area contributed by atoms with Crippen LogP contribution in [0.3, 0.4) is 0 Å². The number of anilines is 2. The van der Waals surface area contributed by atoms with Crippen LogP contribution in [0.2, 0.25) is 0 Å². The minimum Gasteiger partial charge on any atom is -0.461 e. The maximum atomic E-state index is 13.0. The molecule has 1 amide bonds. The van der Waals surface area contributed by atoms with E-state index in [9.17, 15) is 18.0 Å². The van der Waals surface area contributed by atoms with Gasteiger partial charge in [0.05, 0.1) is 17.1 Å². The third-order valence-corrected chi connectivity index (χ3v) is 7.61. The number of esters is 1. The van der Waals surface area contributed by atoms with E-state index in [-0.39, 0.29) is 17.4 Å². The number of benzene rings is 2. The number of hydrogen-bond acceptors (Lipinski definition) is 5. The molecule has 0 radical (unpaired) electrons. The molecule has 3 N–H and O–H groups in total. The van der Waals surface area contributed by atoms with E-state index in [4.69, 9.17) is 4.74 Å². The van der Waals surface area contributed by atoms with Crippen molar-refractivity contribution in [2.24, 2.45) is 0 Å². The van der Waals surface area contributed by atoms with Crippen LogP contribution in [0.5, 0.6) is 0 Å². The lowest BCUT2D eigenvalue weighted by Gasteiger charge is -2.13. The van der Waals surface area contributed by atoms with E-state index in [0.29, 0.717) is 33.9 Å². The standard InChI is InChI=1S/C26H25N3O5S/c1-2-34-26(31)24-19-11-7-6-10-18(19)23(27-24)15-21-20-14-17(12-13-22(20)28-25(21)30)35(32,33)29-16-8-4-3-5-9-16/h3-5,8-9,12-15,27,29H,2,6-7,10-11H2,1H3,(H,28,30)/b21-15-. The molecule has 0 atom stereocenters. The number of amides is 1. The minimum atomic E-state index is -3.86. The first-order valence-electron chi connectivity index (χ1n) is 11.5. The van der Waals surface area contributed by atoms with Gasteiger partial charge in [-0.05, 0) is 80.1 Å². The Bertz CT molecular complexity index is 1460. The van der Waals surface area contributed by atoms with Crippen molar-refractivity contribution >= 4 is 44.9 Å². The Labute approximate surface area is 203 Å². The molecule has 35 heavy (non-hydrogen) atoms. The van der Waals surface area contributed by atoms with Gasteiger partial charge in [0.2, 0.25) is 0 Å². The number of rotatable bonds is 6. The molecule has 8 nitrogen and oxygen atoms in total. The van der Waals surface area contributed by atoms with Crippen molar-refractivity contribution in [3.63, 3.8) is 0 Å². The molecular weight excluding hydrogens is 466 g/mol. The van der Waals surface area contributed by atoms with E-state index >= 15 is 0 Å². The van der Waals surface area contributed by atoms with Gasteiger partial charge >= 0.3 is 5.97 Å². The number of H-pyrrole nitrogens is 1. The van der Waals surface area contributed by atoms with Gasteiger partial charge in [0, 0.05) is 22.6 Å². The summed E-state index contributed by atoms with van der Waals surface area (Å²) in [7, 11) is -3.86. The Morgan fingerprint density at radius 3 is 2.57 bits per heavy atom. The van der Waals surface area contributed by atoms with Gasteiger partial charge in [0.1, 0.15) is 5.69 Å². The second kappa shape index (κ2) is 9.07. The molecule has 180 valence electrons. The van der Waals surface area contributed by atoms with Crippen LogP contribution in [0.25, 0.3) is 11.6 Å². The van der Waals surface area contributed by atoms with Gasteiger partial charge < -0.3 is 15.0 Å². The first kappa shape index (κ1) is 22.9. The summed E-state index contributed by atoms with van der Waals surface area (Å²) in [5, 5.41) is 2.80. The summed E-state index contributed by atoms with van der Waals surface area (Å²) in [6.07, 6.45) is 5.22. The van der Waals surface area contributed by atoms with Gasteiger partial charge in [0.25, 0.3) is 15.9 Å². The van der Waals surface area contributed by atoms with Crippen LogP contribution < -0.4 is 10.0 Å². The summed E-state index contributed by atoms with van der Waals surface area (Å²) in [4.78, 5) is 28.6. The molecule has 0 saturated heterocycles. The number of aromatic nitrogens is 1. The zero-order chi connectivity index (χ0) is 24.6. The maximum absolute atomic E-state index is 13.0. The number of sulfonamides is 1. The highest BCUT2D eigenvalue weighted by Gasteiger charge is 2.29. The van der Waals surface area contributed by atoms with Crippen molar-refractivity contribution in [3.8, 4) is 0 Å². The van der Waals surface area contributed by atoms with Crippen LogP contribution in [0.1, 0.15) is 52.6 Å². The molecule has 2 aromatic carbocycles. The Balaban J connectivity index is 1.55. The predicted molar refractivity (Wildman–Crippen MR) is 134 cm³/mol. The lowest BCUT2D eigenvalue weighted by atomic mass is 9.91. The summed E-state index contributed by atoms with van der Waals surface area (Å²) in [6.45, 7) is 2.03. The average molecular weight is 492 g/mol. The number of hydrogen-bond donors (Lipinski definition) is 3. The molecule has 0 fully saturated rings. The summed E-state index contributed by atoms with van der Waals surface area (Å²) in [5.74, 6) is -0.741. The Morgan fingerprint density at radius 2 is 1.83 bits per heavy atom. The van der Waals surface area contributed by atoms with E-state index < -0.39 is 16.0 Å². The quantitative estimate of drug-likeness (QED) is 0.350. The molecule has 0 bridgehead atoms. The normalized spacial score (nSPS) is 15.9. The maximum Gasteiger partial charge on any atom is 0.355 e. The smallest absolute Gasteiger partial charge is 0.355 e. The minimum absolute atomic E-state index is 0.0447. The van der Waals surface area contributed by atoms with E-state index in [1.807, 2.05) is 0 Å². The number of para-hydroxylation sites is 1. The highest BCUT2D eigenvalue weighted by atomic mass is 32.2. The summed E-state index contributed by atoms with van der Waals surface area (Å²) < 4.78 is 33.7. The molecule has 0 unspecified atom stereocenters. The molecule has 2 heterocycles. The van der Waals surface area contributed by atoms with Gasteiger partial charge in [-0.2, -0.15) is 0 Å². The highest BCUT2D eigenvalue weighted by Crippen LogP contribution is 2.37. The average Bonchev–Trinajstić information content (AvgIpc) is 3.37. The fraction of sp³-hybridized carbons (Fsp3) is 0.231. The van der Waals surface area contributed by atoms with Crippen molar-refractivity contribution in [3.05, 3.63) is 76.6 Å². The zero-order valence-electron chi connectivity index (χ0n) is 19.2. The highest BCUT2D eigenvalue weighted by molar-refractivity contribution is 7.92. The van der Waals surface area contributed by atoms with Crippen LogP contribution in [0.4, 0.5) is 11.4 Å². The van der Waals surface area contributed by atoms with E-state index in [1.165, 1.54) is 12.1 Å². The van der Waals surface area contributed by atoms with Crippen molar-refractivity contribution in [1.82, 2.24) is 4.98 Å². The molecule has 1 aromatic heterocycles. The van der Waals surface area contributed by atoms with Gasteiger partial charge in [-0.3, -0.25) is 9.52 Å². The van der Waals surface area contributed by atoms with Crippen LogP contribution in [0.15, 0.2) is 53.4 Å². The molecule has 5 rings (SSSR count). The Morgan fingerprint density at radius 1 is 1.09 bits per heavy atom. The number of ether oxygens (including phenoxy) is 1. The van der Waals surface area contributed by atoms with Crippen LogP contribution >= 0.6 is 0 Å². The van der Waals surface area contributed by atoms with Crippen LogP contribution in [-0.4, -0.2) is 31.9 Å². The largest absolute Gasteiger partial charge is 0.461 e. The molecule has 9 heteroatoms. The van der Waals surface area contributed by atoms with Gasteiger partial charge in [-0.1, -0.05) is 18.2 Å². The van der Waals surface area contributed by atoms with Gasteiger partial charge in [-0.15, -0.1) is 0 Å². The number of carbonyl (C=O) groups excluding carboxylic acids is 2. The number of nitrogens with one attached hydrogen (secondary N) is 3.